The van der Waals surface area contributed by atoms with E-state index in [1.807, 2.05) is 18.2 Å². The maximum absolute atomic E-state index is 11.1. The fraction of sp³-hybridized carbons (Fsp3) is 0.111. The lowest BCUT2D eigenvalue weighted by Crippen LogP contribution is -2.26. The summed E-state index contributed by atoms with van der Waals surface area (Å²) in [4.78, 5) is 11.1. The zero-order chi connectivity index (χ0) is 10.4. The summed E-state index contributed by atoms with van der Waals surface area (Å²) in [6.45, 7) is 1.59. The van der Waals surface area contributed by atoms with Crippen LogP contribution in [0.15, 0.2) is 35.4 Å². The normalized spacial score (nSPS) is 10.8. The molecular weight excluding hydrogens is 180 g/mol. The number of hydrogen-bond donors (Lipinski definition) is 3. The van der Waals surface area contributed by atoms with Crippen molar-refractivity contribution in [3.05, 3.63) is 30.3 Å². The molecule has 1 aromatic rings. The van der Waals surface area contributed by atoms with E-state index in [2.05, 4.69) is 15.8 Å². The van der Waals surface area contributed by atoms with E-state index in [4.69, 9.17) is 5.73 Å². The van der Waals surface area contributed by atoms with Gasteiger partial charge in [-0.2, -0.15) is 5.10 Å². The van der Waals surface area contributed by atoms with Gasteiger partial charge < -0.3 is 11.1 Å². The number of anilines is 1. The Hall–Kier alpha value is -2.04. The first-order chi connectivity index (χ1) is 6.68. The second-order valence-electron chi connectivity index (χ2n) is 2.69. The summed E-state index contributed by atoms with van der Waals surface area (Å²) in [6.07, 6.45) is 0. The Morgan fingerprint density at radius 1 is 1.36 bits per heavy atom. The largest absolute Gasteiger partial charge is 0.386 e. The van der Waals surface area contributed by atoms with Gasteiger partial charge in [-0.3, -0.25) is 0 Å². The molecule has 0 aromatic heterocycles. The summed E-state index contributed by atoms with van der Waals surface area (Å²) >= 11 is 0. The van der Waals surface area contributed by atoms with E-state index in [0.29, 0.717) is 11.5 Å². The Balaban J connectivity index is 2.46. The molecule has 1 aromatic carbocycles. The molecule has 5 nitrogen and oxygen atoms in total. The molecule has 0 atom stereocenters. The van der Waals surface area contributed by atoms with Crippen molar-refractivity contribution in [3.8, 4) is 0 Å². The Labute approximate surface area is 82.0 Å². The highest BCUT2D eigenvalue weighted by Crippen LogP contribution is 2.03. The van der Waals surface area contributed by atoms with Gasteiger partial charge in [0, 0.05) is 5.69 Å². The molecule has 0 heterocycles. The summed E-state index contributed by atoms with van der Waals surface area (Å²) < 4.78 is 0. The molecule has 5 heteroatoms. The third kappa shape index (κ3) is 3.57. The minimum Gasteiger partial charge on any atom is -0.386 e. The van der Waals surface area contributed by atoms with Crippen molar-refractivity contribution in [2.75, 3.05) is 5.32 Å². The number of amidine groups is 1. The molecule has 14 heavy (non-hydrogen) atoms. The Kier molecular flexibility index (Phi) is 3.49. The van der Waals surface area contributed by atoms with E-state index < -0.39 is 6.03 Å². The fourth-order valence-electron chi connectivity index (χ4n) is 0.819. The number of benzene rings is 1. The quantitative estimate of drug-likeness (QED) is 0.372. The number of nitrogens with zero attached hydrogens (tertiary/aromatic N) is 1. The van der Waals surface area contributed by atoms with Crippen LogP contribution in [0.1, 0.15) is 6.92 Å². The van der Waals surface area contributed by atoms with Gasteiger partial charge in [0.05, 0.1) is 0 Å². The number of urea groups is 1. The Bertz CT molecular complexity index is 330. The number of nitrogens with two attached hydrogens (primary N) is 1. The van der Waals surface area contributed by atoms with E-state index in [1.54, 1.807) is 19.1 Å². The highest BCUT2D eigenvalue weighted by molar-refractivity contribution is 5.90. The first-order valence-electron chi connectivity index (χ1n) is 4.10. The topological polar surface area (TPSA) is 79.5 Å². The van der Waals surface area contributed by atoms with Crippen LogP contribution in [0.2, 0.25) is 0 Å². The van der Waals surface area contributed by atoms with Crippen molar-refractivity contribution in [1.82, 2.24) is 5.43 Å². The molecule has 0 saturated heterocycles. The maximum Gasteiger partial charge on any atom is 0.339 e. The number of carbonyl (C=O) groups is 1. The Morgan fingerprint density at radius 2 is 2.00 bits per heavy atom. The fourth-order valence-corrected chi connectivity index (χ4v) is 0.819. The number of hydrogen-bond acceptors (Lipinski definition) is 2. The summed E-state index contributed by atoms with van der Waals surface area (Å²) in [7, 11) is 0. The summed E-state index contributed by atoms with van der Waals surface area (Å²) in [6, 6.07) is 8.66. The smallest absolute Gasteiger partial charge is 0.339 e. The van der Waals surface area contributed by atoms with E-state index >= 15 is 0 Å². The molecule has 0 aliphatic carbocycles. The lowest BCUT2D eigenvalue weighted by molar-refractivity contribution is 0.252. The highest BCUT2D eigenvalue weighted by Gasteiger charge is 1.97. The van der Waals surface area contributed by atoms with Crippen LogP contribution in [0.25, 0.3) is 0 Å². The second kappa shape index (κ2) is 4.86. The molecule has 0 radical (unpaired) electrons. The minimum atomic E-state index is -0.416. The van der Waals surface area contributed by atoms with Gasteiger partial charge in [0.15, 0.2) is 0 Å². The third-order valence-electron chi connectivity index (χ3n) is 1.37. The molecule has 0 saturated carbocycles. The number of nitrogens with one attached hydrogen (secondary N) is 2. The van der Waals surface area contributed by atoms with Crippen LogP contribution in [0, 0.1) is 0 Å². The van der Waals surface area contributed by atoms with E-state index in [9.17, 15) is 4.79 Å². The number of amides is 2. The molecule has 1 rings (SSSR count). The van der Waals surface area contributed by atoms with Crippen molar-refractivity contribution in [1.29, 1.82) is 0 Å². The lowest BCUT2D eigenvalue weighted by Gasteiger charge is -2.03. The maximum atomic E-state index is 11.1. The summed E-state index contributed by atoms with van der Waals surface area (Å²) in [5, 5.41) is 6.14. The number of para-hydroxylation sites is 1. The average Bonchev–Trinajstić information content (AvgIpc) is 2.16. The predicted octanol–water partition coefficient (Wildman–Crippen LogP) is 1.10. The molecule has 0 bridgehead atoms. The molecule has 0 aliphatic heterocycles. The van der Waals surface area contributed by atoms with Crippen LogP contribution in [0.4, 0.5) is 10.5 Å². The van der Waals surface area contributed by atoms with Gasteiger partial charge >= 0.3 is 6.03 Å². The molecule has 0 spiro atoms. The summed E-state index contributed by atoms with van der Waals surface area (Å²) in [5.74, 6) is 0.299. The summed E-state index contributed by atoms with van der Waals surface area (Å²) in [5.41, 5.74) is 8.19. The molecule has 0 fully saturated rings. The van der Waals surface area contributed by atoms with Gasteiger partial charge in [-0.1, -0.05) is 18.2 Å². The van der Waals surface area contributed by atoms with Gasteiger partial charge in [-0.05, 0) is 19.1 Å². The molecule has 0 unspecified atom stereocenters. The SMILES string of the molecule is C/C(N)=N/NC(=O)Nc1ccccc1. The molecule has 74 valence electrons. The molecule has 2 amide bonds. The van der Waals surface area contributed by atoms with Gasteiger partial charge in [0.2, 0.25) is 0 Å². The van der Waals surface area contributed by atoms with Crippen LogP contribution in [-0.2, 0) is 0 Å². The van der Waals surface area contributed by atoms with Crippen molar-refractivity contribution in [2.45, 2.75) is 6.92 Å². The first kappa shape index (κ1) is 10.0. The first-order valence-corrected chi connectivity index (χ1v) is 4.10. The van der Waals surface area contributed by atoms with Crippen molar-refractivity contribution >= 4 is 17.6 Å². The molecular formula is C9H12N4O. The van der Waals surface area contributed by atoms with Crippen molar-refractivity contribution in [2.24, 2.45) is 10.8 Å². The average molecular weight is 192 g/mol. The molecule has 4 N–H and O–H groups in total. The van der Waals surface area contributed by atoms with Gasteiger partial charge in [-0.25, -0.2) is 10.2 Å². The van der Waals surface area contributed by atoms with Gasteiger partial charge in [-0.15, -0.1) is 0 Å². The number of rotatable bonds is 2. The van der Waals surface area contributed by atoms with Gasteiger partial charge in [0.1, 0.15) is 5.84 Å². The van der Waals surface area contributed by atoms with E-state index in [1.165, 1.54) is 0 Å². The van der Waals surface area contributed by atoms with Gasteiger partial charge in [0.25, 0.3) is 0 Å². The van der Waals surface area contributed by atoms with Crippen LogP contribution in [0.5, 0.6) is 0 Å². The standard InChI is InChI=1S/C9H12N4O/c1-7(10)12-13-9(14)11-8-5-3-2-4-6-8/h2-6H,1H3,(H2,10,12)(H2,11,13,14). The second-order valence-corrected chi connectivity index (χ2v) is 2.69. The predicted molar refractivity (Wildman–Crippen MR) is 55.9 cm³/mol. The lowest BCUT2D eigenvalue weighted by atomic mass is 10.3. The van der Waals surface area contributed by atoms with Crippen LogP contribution in [0.3, 0.4) is 0 Å². The minimum absolute atomic E-state index is 0.299. The van der Waals surface area contributed by atoms with Crippen molar-refractivity contribution in [3.63, 3.8) is 0 Å². The monoisotopic (exact) mass is 192 g/mol. The van der Waals surface area contributed by atoms with Crippen LogP contribution >= 0.6 is 0 Å². The van der Waals surface area contributed by atoms with E-state index in [-0.39, 0.29) is 0 Å². The van der Waals surface area contributed by atoms with Crippen molar-refractivity contribution < 1.29 is 4.79 Å². The zero-order valence-electron chi connectivity index (χ0n) is 7.82. The highest BCUT2D eigenvalue weighted by atomic mass is 16.2. The number of hydrazone groups is 1. The third-order valence-corrected chi connectivity index (χ3v) is 1.37. The zero-order valence-corrected chi connectivity index (χ0v) is 7.82. The number of carbonyl (C=O) groups excluding carboxylic acids is 1. The van der Waals surface area contributed by atoms with Crippen LogP contribution in [-0.4, -0.2) is 11.9 Å². The molecule has 0 aliphatic rings. The van der Waals surface area contributed by atoms with E-state index in [0.717, 1.165) is 0 Å². The van der Waals surface area contributed by atoms with Crippen LogP contribution < -0.4 is 16.5 Å². The Morgan fingerprint density at radius 3 is 2.57 bits per heavy atom.